The van der Waals surface area contributed by atoms with Gasteiger partial charge in [-0.05, 0) is 59.3 Å². The molecule has 3 aromatic heterocycles. The van der Waals surface area contributed by atoms with Crippen LogP contribution in [0.3, 0.4) is 0 Å². The van der Waals surface area contributed by atoms with Crippen molar-refractivity contribution in [3.8, 4) is 11.4 Å². The zero-order chi connectivity index (χ0) is 21.9. The molecule has 32 heavy (non-hydrogen) atoms. The highest BCUT2D eigenvalue weighted by atomic mass is 16.5. The van der Waals surface area contributed by atoms with Crippen molar-refractivity contribution in [1.29, 1.82) is 0 Å². The molecule has 5 aromatic rings. The maximum Gasteiger partial charge on any atom is 0.259 e. The highest BCUT2D eigenvalue weighted by molar-refractivity contribution is 6.06. The third-order valence-corrected chi connectivity index (χ3v) is 4.95. The molecule has 0 saturated carbocycles. The Kier molecular flexibility index (Phi) is 5.04. The van der Waals surface area contributed by atoms with E-state index in [0.717, 1.165) is 22.6 Å². The van der Waals surface area contributed by atoms with Gasteiger partial charge in [0.15, 0.2) is 0 Å². The summed E-state index contributed by atoms with van der Waals surface area (Å²) in [5, 5.41) is 14.0. The topological polar surface area (TPSA) is 99.2 Å². The van der Waals surface area contributed by atoms with E-state index in [4.69, 9.17) is 4.74 Å². The van der Waals surface area contributed by atoms with E-state index >= 15 is 0 Å². The van der Waals surface area contributed by atoms with Gasteiger partial charge in [0.2, 0.25) is 0 Å². The first-order chi connectivity index (χ1) is 15.7. The first-order valence-electron chi connectivity index (χ1n) is 9.97. The van der Waals surface area contributed by atoms with Crippen LogP contribution in [-0.2, 0) is 6.61 Å². The molecule has 0 saturated heterocycles. The van der Waals surface area contributed by atoms with Crippen molar-refractivity contribution >= 4 is 17.2 Å². The van der Waals surface area contributed by atoms with Gasteiger partial charge in [0.05, 0.1) is 16.9 Å². The molecule has 0 aliphatic rings. The minimum Gasteiger partial charge on any atom is -0.486 e. The van der Waals surface area contributed by atoms with E-state index in [1.54, 1.807) is 30.3 Å². The Hall–Kier alpha value is -4.53. The van der Waals surface area contributed by atoms with Gasteiger partial charge >= 0.3 is 0 Å². The average molecular weight is 425 g/mol. The number of carbonyl (C=O) groups is 1. The Labute approximate surface area is 183 Å². The standard InChI is InChI=1S/C23H19N7O2/c1-16-6-5-11-29-13-18(25-22(16)29)14-32-21-10-3-2-9-20(21)23(31)26-17-7-4-8-19(12-17)30-15-24-27-28-30/h2-13,15H,14H2,1H3,(H,26,31). The number of imidazole rings is 1. The minimum absolute atomic E-state index is 0.250. The van der Waals surface area contributed by atoms with Crippen LogP contribution in [0.1, 0.15) is 21.6 Å². The lowest BCUT2D eigenvalue weighted by atomic mass is 10.1. The number of hydrogen-bond donors (Lipinski definition) is 1. The quantitative estimate of drug-likeness (QED) is 0.447. The molecule has 0 aliphatic heterocycles. The zero-order valence-corrected chi connectivity index (χ0v) is 17.2. The molecule has 0 radical (unpaired) electrons. The summed E-state index contributed by atoms with van der Waals surface area (Å²) in [5.74, 6) is 0.204. The van der Waals surface area contributed by atoms with Crippen molar-refractivity contribution in [3.63, 3.8) is 0 Å². The number of benzene rings is 2. The third-order valence-electron chi connectivity index (χ3n) is 4.95. The molecule has 1 N–H and O–H groups in total. The Balaban J connectivity index is 1.33. The van der Waals surface area contributed by atoms with E-state index in [2.05, 4.69) is 25.8 Å². The summed E-state index contributed by atoms with van der Waals surface area (Å²) in [7, 11) is 0. The molecule has 0 fully saturated rings. The largest absolute Gasteiger partial charge is 0.486 e. The predicted molar refractivity (Wildman–Crippen MR) is 118 cm³/mol. The maximum absolute atomic E-state index is 13.0. The fourth-order valence-electron chi connectivity index (χ4n) is 3.41. The van der Waals surface area contributed by atoms with Crippen LogP contribution < -0.4 is 10.1 Å². The third kappa shape index (κ3) is 3.91. The van der Waals surface area contributed by atoms with Crippen LogP contribution in [0.4, 0.5) is 5.69 Å². The summed E-state index contributed by atoms with van der Waals surface area (Å²) < 4.78 is 9.45. The van der Waals surface area contributed by atoms with Crippen molar-refractivity contribution in [1.82, 2.24) is 29.6 Å². The molecule has 0 bridgehead atoms. The second kappa shape index (κ2) is 8.31. The van der Waals surface area contributed by atoms with E-state index in [0.29, 0.717) is 17.0 Å². The van der Waals surface area contributed by atoms with Gasteiger partial charge in [0.25, 0.3) is 5.91 Å². The van der Waals surface area contributed by atoms with Crippen molar-refractivity contribution in [3.05, 3.63) is 96.2 Å². The van der Waals surface area contributed by atoms with Crippen molar-refractivity contribution in [2.75, 3.05) is 5.32 Å². The molecule has 0 atom stereocenters. The van der Waals surface area contributed by atoms with E-state index < -0.39 is 0 Å². The molecule has 9 nitrogen and oxygen atoms in total. The van der Waals surface area contributed by atoms with Crippen LogP contribution in [-0.4, -0.2) is 35.5 Å². The van der Waals surface area contributed by atoms with Gasteiger partial charge in [-0.25, -0.2) is 9.67 Å². The van der Waals surface area contributed by atoms with Gasteiger partial charge in [0, 0.05) is 18.1 Å². The number of hydrogen-bond acceptors (Lipinski definition) is 6. The summed E-state index contributed by atoms with van der Waals surface area (Å²) in [5.41, 5.74) is 4.54. The molecule has 0 aliphatic carbocycles. The number of ether oxygens (including phenoxy) is 1. The van der Waals surface area contributed by atoms with Crippen LogP contribution in [0, 0.1) is 6.92 Å². The molecular weight excluding hydrogens is 406 g/mol. The Morgan fingerprint density at radius 3 is 2.84 bits per heavy atom. The number of carbonyl (C=O) groups excluding carboxylic acids is 1. The molecule has 9 heteroatoms. The first kappa shape index (κ1) is 19.4. The SMILES string of the molecule is Cc1cccn2cc(COc3ccccc3C(=O)Nc3cccc(-n4cnnn4)c3)nc12. The van der Waals surface area contributed by atoms with Crippen molar-refractivity contribution < 1.29 is 9.53 Å². The summed E-state index contributed by atoms with van der Waals surface area (Å²) in [6.45, 7) is 2.27. The van der Waals surface area contributed by atoms with Gasteiger partial charge in [-0.2, -0.15) is 0 Å². The number of tetrazole rings is 1. The molecule has 0 unspecified atom stereocenters. The predicted octanol–water partition coefficient (Wildman–Crippen LogP) is 3.45. The van der Waals surface area contributed by atoms with Gasteiger partial charge in [-0.15, -0.1) is 5.10 Å². The molecule has 5 rings (SSSR count). The number of amides is 1. The number of aryl methyl sites for hydroxylation is 1. The second-order valence-electron chi connectivity index (χ2n) is 7.20. The highest BCUT2D eigenvalue weighted by Crippen LogP contribution is 2.22. The Morgan fingerprint density at radius 2 is 2.00 bits per heavy atom. The van der Waals surface area contributed by atoms with Crippen LogP contribution in [0.2, 0.25) is 0 Å². The molecule has 158 valence electrons. The normalized spacial score (nSPS) is 10.9. The highest BCUT2D eigenvalue weighted by Gasteiger charge is 2.14. The molecule has 1 amide bonds. The molecule has 2 aromatic carbocycles. The molecule has 0 spiro atoms. The summed E-state index contributed by atoms with van der Waals surface area (Å²) in [6.07, 6.45) is 5.37. The first-order valence-corrected chi connectivity index (χ1v) is 9.97. The van der Waals surface area contributed by atoms with Crippen LogP contribution in [0.15, 0.2) is 79.4 Å². The van der Waals surface area contributed by atoms with Crippen LogP contribution >= 0.6 is 0 Å². The number of aromatic nitrogens is 6. The lowest BCUT2D eigenvalue weighted by molar-refractivity contribution is 0.102. The van der Waals surface area contributed by atoms with Gasteiger partial charge in [-0.3, -0.25) is 4.79 Å². The van der Waals surface area contributed by atoms with Gasteiger partial charge in [0.1, 0.15) is 24.3 Å². The zero-order valence-electron chi connectivity index (χ0n) is 17.2. The fourth-order valence-corrected chi connectivity index (χ4v) is 3.41. The van der Waals surface area contributed by atoms with Crippen LogP contribution in [0.5, 0.6) is 5.75 Å². The Bertz CT molecular complexity index is 1390. The van der Waals surface area contributed by atoms with Gasteiger partial charge < -0.3 is 14.5 Å². The van der Waals surface area contributed by atoms with Crippen molar-refractivity contribution in [2.45, 2.75) is 13.5 Å². The van der Waals surface area contributed by atoms with Gasteiger partial charge in [-0.1, -0.05) is 24.3 Å². The summed E-state index contributed by atoms with van der Waals surface area (Å²) in [6, 6.07) is 18.4. The lowest BCUT2D eigenvalue weighted by Crippen LogP contribution is -2.14. The van der Waals surface area contributed by atoms with E-state index in [-0.39, 0.29) is 12.5 Å². The lowest BCUT2D eigenvalue weighted by Gasteiger charge is -2.11. The monoisotopic (exact) mass is 425 g/mol. The number of anilines is 1. The number of pyridine rings is 1. The van der Waals surface area contributed by atoms with Crippen LogP contribution in [0.25, 0.3) is 11.3 Å². The number of nitrogens with zero attached hydrogens (tertiary/aromatic N) is 6. The number of rotatable bonds is 6. The summed E-state index contributed by atoms with van der Waals surface area (Å²) in [4.78, 5) is 17.6. The van der Waals surface area contributed by atoms with Crippen molar-refractivity contribution in [2.24, 2.45) is 0 Å². The molecule has 3 heterocycles. The smallest absolute Gasteiger partial charge is 0.259 e. The fraction of sp³-hybridized carbons (Fsp3) is 0.0870. The molecular formula is C23H19N7O2. The Morgan fingerprint density at radius 1 is 1.09 bits per heavy atom. The number of nitrogens with one attached hydrogen (secondary N) is 1. The van der Waals surface area contributed by atoms with E-state index in [9.17, 15) is 4.79 Å². The number of para-hydroxylation sites is 1. The second-order valence-corrected chi connectivity index (χ2v) is 7.20. The van der Waals surface area contributed by atoms with E-state index in [1.165, 1.54) is 11.0 Å². The maximum atomic E-state index is 13.0. The van der Waals surface area contributed by atoms with E-state index in [1.807, 2.05) is 54.0 Å². The minimum atomic E-state index is -0.277. The number of fused-ring (bicyclic) bond motifs is 1. The summed E-state index contributed by atoms with van der Waals surface area (Å²) >= 11 is 0. The average Bonchev–Trinajstić information content (AvgIpc) is 3.49.